The van der Waals surface area contributed by atoms with Crippen molar-refractivity contribution in [2.45, 2.75) is 12.5 Å². The monoisotopic (exact) mass is 455 g/mol. The van der Waals surface area contributed by atoms with Gasteiger partial charge in [-0.2, -0.15) is 0 Å². The van der Waals surface area contributed by atoms with Crippen LogP contribution in [-0.2, 0) is 11.2 Å². The van der Waals surface area contributed by atoms with Gasteiger partial charge in [-0.3, -0.25) is 25.2 Å². The van der Waals surface area contributed by atoms with Crippen molar-refractivity contribution in [2.24, 2.45) is 0 Å². The molecule has 3 aromatic carbocycles. The number of benzene rings is 3. The first-order valence-corrected chi connectivity index (χ1v) is 10.1. The second-order valence-corrected chi connectivity index (χ2v) is 7.49. The smallest absolute Gasteiger partial charge is 0.271 e. The zero-order valence-electron chi connectivity index (χ0n) is 16.3. The van der Waals surface area contributed by atoms with Crippen LogP contribution in [0.25, 0.3) is 0 Å². The summed E-state index contributed by atoms with van der Waals surface area (Å²) in [5, 5.41) is 3.46. The summed E-state index contributed by atoms with van der Waals surface area (Å²) in [5.74, 6) is -1.59. The van der Waals surface area contributed by atoms with E-state index in [9.17, 15) is 14.4 Å². The van der Waals surface area contributed by atoms with Crippen LogP contribution in [0.5, 0.6) is 0 Å². The second kappa shape index (κ2) is 10.6. The van der Waals surface area contributed by atoms with Crippen molar-refractivity contribution in [1.29, 1.82) is 0 Å². The van der Waals surface area contributed by atoms with Gasteiger partial charge in [0.2, 0.25) is 0 Å². The SMILES string of the molecule is O=C(N[C@@H](Cc1ccccc1)C(=O)NNC(=O)c1ccccc1Cl)c1ccc(Cl)cc1. The standard InChI is InChI=1S/C23H19Cl2N3O3/c24-17-12-10-16(11-13-17)21(29)26-20(14-15-6-2-1-3-7-15)23(31)28-27-22(30)18-8-4-5-9-19(18)25/h1-13,20H,14H2,(H,26,29)(H,27,30)(H,28,31)/t20-/m0/s1. The van der Waals surface area contributed by atoms with E-state index in [4.69, 9.17) is 23.2 Å². The summed E-state index contributed by atoms with van der Waals surface area (Å²) in [4.78, 5) is 37.7. The fourth-order valence-electron chi connectivity index (χ4n) is 2.82. The van der Waals surface area contributed by atoms with Crippen LogP contribution in [0.15, 0.2) is 78.9 Å². The van der Waals surface area contributed by atoms with Gasteiger partial charge in [-0.1, -0.05) is 65.7 Å². The Morgan fingerprint density at radius 1 is 0.742 bits per heavy atom. The summed E-state index contributed by atoms with van der Waals surface area (Å²) in [6.07, 6.45) is 0.230. The van der Waals surface area contributed by atoms with Gasteiger partial charge < -0.3 is 5.32 Å². The van der Waals surface area contributed by atoms with Crippen molar-refractivity contribution >= 4 is 40.9 Å². The third kappa shape index (κ3) is 6.31. The lowest BCUT2D eigenvalue weighted by Crippen LogP contribution is -2.53. The Morgan fingerprint density at radius 3 is 2.06 bits per heavy atom. The molecule has 3 rings (SSSR count). The molecule has 0 saturated carbocycles. The third-order valence-electron chi connectivity index (χ3n) is 4.43. The number of hydrogen-bond donors (Lipinski definition) is 3. The Hall–Kier alpha value is -3.35. The first-order valence-electron chi connectivity index (χ1n) is 9.39. The van der Waals surface area contributed by atoms with E-state index >= 15 is 0 Å². The molecule has 6 nitrogen and oxygen atoms in total. The molecular formula is C23H19Cl2N3O3. The first kappa shape index (κ1) is 22.3. The summed E-state index contributed by atoms with van der Waals surface area (Å²) in [6, 6.07) is 21.1. The van der Waals surface area contributed by atoms with E-state index in [2.05, 4.69) is 16.2 Å². The van der Waals surface area contributed by atoms with Crippen LogP contribution in [0.2, 0.25) is 10.0 Å². The van der Waals surface area contributed by atoms with Crippen LogP contribution in [0.1, 0.15) is 26.3 Å². The molecule has 0 spiro atoms. The van der Waals surface area contributed by atoms with E-state index in [1.165, 1.54) is 6.07 Å². The van der Waals surface area contributed by atoms with Gasteiger partial charge in [-0.25, -0.2) is 0 Å². The minimum absolute atomic E-state index is 0.217. The molecule has 0 bridgehead atoms. The largest absolute Gasteiger partial charge is 0.340 e. The highest BCUT2D eigenvalue weighted by Gasteiger charge is 2.23. The summed E-state index contributed by atoms with van der Waals surface area (Å²) in [6.45, 7) is 0. The first-order chi connectivity index (χ1) is 14.9. The number of carbonyl (C=O) groups is 3. The van der Waals surface area contributed by atoms with Gasteiger partial charge >= 0.3 is 0 Å². The summed E-state index contributed by atoms with van der Waals surface area (Å²) in [5.41, 5.74) is 6.11. The Morgan fingerprint density at radius 2 is 1.39 bits per heavy atom. The zero-order chi connectivity index (χ0) is 22.2. The number of rotatable bonds is 6. The Labute approximate surface area is 189 Å². The Balaban J connectivity index is 1.71. The summed E-state index contributed by atoms with van der Waals surface area (Å²) >= 11 is 11.9. The third-order valence-corrected chi connectivity index (χ3v) is 5.01. The van der Waals surface area contributed by atoms with Gasteiger partial charge in [0, 0.05) is 17.0 Å². The van der Waals surface area contributed by atoms with E-state index in [0.717, 1.165) is 5.56 Å². The molecule has 158 valence electrons. The van der Waals surface area contributed by atoms with Crippen LogP contribution in [0.4, 0.5) is 0 Å². The molecule has 0 saturated heterocycles. The molecule has 3 aromatic rings. The fourth-order valence-corrected chi connectivity index (χ4v) is 3.17. The van der Waals surface area contributed by atoms with Gasteiger partial charge in [0.05, 0.1) is 10.6 Å². The van der Waals surface area contributed by atoms with E-state index in [1.54, 1.807) is 42.5 Å². The minimum Gasteiger partial charge on any atom is -0.340 e. The number of halogens is 2. The van der Waals surface area contributed by atoms with Gasteiger partial charge in [0.15, 0.2) is 0 Å². The van der Waals surface area contributed by atoms with Gasteiger partial charge in [-0.15, -0.1) is 0 Å². The molecule has 0 heterocycles. The molecule has 0 fully saturated rings. The normalized spacial score (nSPS) is 11.3. The van der Waals surface area contributed by atoms with Crippen molar-refractivity contribution in [2.75, 3.05) is 0 Å². The quantitative estimate of drug-likeness (QED) is 0.494. The topological polar surface area (TPSA) is 87.3 Å². The molecular weight excluding hydrogens is 437 g/mol. The molecule has 0 aromatic heterocycles. The molecule has 0 radical (unpaired) electrons. The molecule has 0 aliphatic carbocycles. The lowest BCUT2D eigenvalue weighted by molar-refractivity contribution is -0.123. The highest BCUT2D eigenvalue weighted by atomic mass is 35.5. The average Bonchev–Trinajstić information content (AvgIpc) is 2.78. The number of hydrazine groups is 1. The fraction of sp³-hybridized carbons (Fsp3) is 0.0870. The van der Waals surface area contributed by atoms with E-state index in [-0.39, 0.29) is 17.0 Å². The van der Waals surface area contributed by atoms with E-state index in [0.29, 0.717) is 10.6 Å². The molecule has 1 atom stereocenters. The minimum atomic E-state index is -0.933. The van der Waals surface area contributed by atoms with Gasteiger partial charge in [0.1, 0.15) is 6.04 Å². The van der Waals surface area contributed by atoms with Crippen molar-refractivity contribution in [1.82, 2.24) is 16.2 Å². The van der Waals surface area contributed by atoms with Crippen LogP contribution in [0, 0.1) is 0 Å². The van der Waals surface area contributed by atoms with E-state index < -0.39 is 23.8 Å². The maximum absolute atomic E-state index is 12.8. The maximum Gasteiger partial charge on any atom is 0.271 e. The number of carbonyl (C=O) groups excluding carboxylic acids is 3. The van der Waals surface area contributed by atoms with Crippen molar-refractivity contribution in [3.8, 4) is 0 Å². The number of nitrogens with one attached hydrogen (secondary N) is 3. The van der Waals surface area contributed by atoms with Gasteiger partial charge in [0.25, 0.3) is 17.7 Å². The number of amides is 3. The lowest BCUT2D eigenvalue weighted by atomic mass is 10.0. The van der Waals surface area contributed by atoms with Crippen LogP contribution >= 0.6 is 23.2 Å². The average molecular weight is 456 g/mol. The highest BCUT2D eigenvalue weighted by Crippen LogP contribution is 2.14. The van der Waals surface area contributed by atoms with Crippen LogP contribution < -0.4 is 16.2 Å². The Kier molecular flexibility index (Phi) is 7.65. The van der Waals surface area contributed by atoms with Crippen molar-refractivity contribution in [3.63, 3.8) is 0 Å². The lowest BCUT2D eigenvalue weighted by Gasteiger charge is -2.19. The number of hydrogen-bond acceptors (Lipinski definition) is 3. The predicted molar refractivity (Wildman–Crippen MR) is 120 cm³/mol. The maximum atomic E-state index is 12.8. The molecule has 0 aliphatic rings. The van der Waals surface area contributed by atoms with E-state index in [1.807, 2.05) is 30.3 Å². The van der Waals surface area contributed by atoms with Gasteiger partial charge in [-0.05, 0) is 42.0 Å². The summed E-state index contributed by atoms with van der Waals surface area (Å²) in [7, 11) is 0. The molecule has 0 unspecified atom stereocenters. The van der Waals surface area contributed by atoms with Crippen molar-refractivity contribution < 1.29 is 14.4 Å². The molecule has 3 N–H and O–H groups in total. The molecule has 31 heavy (non-hydrogen) atoms. The molecule has 0 aliphatic heterocycles. The van der Waals surface area contributed by atoms with Crippen LogP contribution in [0.3, 0.4) is 0 Å². The predicted octanol–water partition coefficient (Wildman–Crippen LogP) is 3.80. The highest BCUT2D eigenvalue weighted by molar-refractivity contribution is 6.33. The summed E-state index contributed by atoms with van der Waals surface area (Å²) < 4.78 is 0. The second-order valence-electron chi connectivity index (χ2n) is 6.65. The zero-order valence-corrected chi connectivity index (χ0v) is 17.8. The van der Waals surface area contributed by atoms with Crippen LogP contribution in [-0.4, -0.2) is 23.8 Å². The Bertz CT molecular complexity index is 1070. The molecule has 3 amide bonds. The van der Waals surface area contributed by atoms with Crippen molar-refractivity contribution in [3.05, 3.63) is 106 Å². The molecule has 8 heteroatoms.